The maximum absolute atomic E-state index is 8.54. The van der Waals surface area contributed by atoms with E-state index in [1.807, 2.05) is 53.9 Å². The quantitative estimate of drug-likeness (QED) is 0.740. The first-order valence-electron chi connectivity index (χ1n) is 6.68. The summed E-state index contributed by atoms with van der Waals surface area (Å²) in [4.78, 5) is 4.65. The molecule has 0 saturated carbocycles. The molecular weight excluding hydrogens is 294 g/mol. The summed E-state index contributed by atoms with van der Waals surface area (Å²) in [6, 6.07) is 17.5. The number of thiazole rings is 1. The van der Waals surface area contributed by atoms with Crippen LogP contribution in [0.5, 0.6) is 5.75 Å². The van der Waals surface area contributed by atoms with Crippen LogP contribution in [-0.4, -0.2) is 11.6 Å². The molecule has 0 unspecified atom stereocenters. The summed E-state index contributed by atoms with van der Waals surface area (Å²) in [5.41, 5.74) is 9.37. The second-order valence-electron chi connectivity index (χ2n) is 4.60. The summed E-state index contributed by atoms with van der Waals surface area (Å²) < 4.78 is 5.25. The van der Waals surface area contributed by atoms with Gasteiger partial charge in [-0.15, -0.1) is 11.3 Å². The third kappa shape index (κ3) is 2.92. The van der Waals surface area contributed by atoms with Crippen LogP contribution >= 0.6 is 11.3 Å². The molecule has 22 heavy (non-hydrogen) atoms. The number of nitrogen functional groups attached to an aromatic ring is 1. The van der Waals surface area contributed by atoms with Gasteiger partial charge in [-0.3, -0.25) is 0 Å². The zero-order valence-electron chi connectivity index (χ0n) is 11.7. The predicted molar refractivity (Wildman–Crippen MR) is 88.5 cm³/mol. The molecule has 3 rings (SSSR count). The van der Waals surface area contributed by atoms with Crippen LogP contribution in [0.3, 0.4) is 0 Å². The summed E-state index contributed by atoms with van der Waals surface area (Å²) in [5.74, 6) is 0.517. The molecule has 0 saturated heterocycles. The van der Waals surface area contributed by atoms with Crippen LogP contribution in [0.1, 0.15) is 0 Å². The fraction of sp³-hybridized carbons (Fsp3) is 0.0588. The third-order valence-corrected chi connectivity index (χ3v) is 4.01. The molecule has 0 atom stereocenters. The van der Waals surface area contributed by atoms with Crippen LogP contribution < -0.4 is 10.5 Å². The molecule has 0 bridgehead atoms. The SMILES string of the molecule is N#CCOc1ccc(-c2csc(-c3ccccc3)n2)cc1N. The van der Waals surface area contributed by atoms with Crippen molar-refractivity contribution in [2.75, 3.05) is 12.3 Å². The zero-order chi connectivity index (χ0) is 15.4. The number of hydrogen-bond donors (Lipinski definition) is 1. The van der Waals surface area contributed by atoms with Gasteiger partial charge >= 0.3 is 0 Å². The molecule has 2 N–H and O–H groups in total. The molecule has 2 aromatic carbocycles. The maximum atomic E-state index is 8.54. The van der Waals surface area contributed by atoms with Crippen LogP contribution in [0.4, 0.5) is 5.69 Å². The lowest BCUT2D eigenvalue weighted by Gasteiger charge is -2.06. The molecule has 0 aliphatic carbocycles. The van der Waals surface area contributed by atoms with E-state index in [4.69, 9.17) is 15.7 Å². The van der Waals surface area contributed by atoms with E-state index < -0.39 is 0 Å². The average Bonchev–Trinajstić information content (AvgIpc) is 3.04. The van der Waals surface area contributed by atoms with Gasteiger partial charge in [0.2, 0.25) is 0 Å². The fourth-order valence-corrected chi connectivity index (χ4v) is 2.90. The van der Waals surface area contributed by atoms with Crippen molar-refractivity contribution >= 4 is 17.0 Å². The number of ether oxygens (including phenoxy) is 1. The Hall–Kier alpha value is -2.84. The van der Waals surface area contributed by atoms with Gasteiger partial charge < -0.3 is 10.5 Å². The van der Waals surface area contributed by atoms with Crippen molar-refractivity contribution in [3.8, 4) is 33.6 Å². The van der Waals surface area contributed by atoms with Gasteiger partial charge in [0.25, 0.3) is 0 Å². The molecule has 0 spiro atoms. The van der Waals surface area contributed by atoms with Crippen LogP contribution in [0.15, 0.2) is 53.9 Å². The van der Waals surface area contributed by atoms with Crippen molar-refractivity contribution in [2.45, 2.75) is 0 Å². The van der Waals surface area contributed by atoms with Crippen LogP contribution in [-0.2, 0) is 0 Å². The Kier molecular flexibility index (Phi) is 4.03. The molecule has 1 aromatic heterocycles. The number of rotatable bonds is 4. The van der Waals surface area contributed by atoms with Gasteiger partial charge in [0, 0.05) is 16.5 Å². The molecule has 0 amide bonds. The van der Waals surface area contributed by atoms with Crippen molar-refractivity contribution in [1.82, 2.24) is 4.98 Å². The van der Waals surface area contributed by atoms with Crippen LogP contribution in [0, 0.1) is 11.3 Å². The lowest BCUT2D eigenvalue weighted by Crippen LogP contribution is -1.98. The minimum Gasteiger partial charge on any atom is -0.477 e. The molecule has 0 aliphatic heterocycles. The number of nitriles is 1. The summed E-state index contributed by atoms with van der Waals surface area (Å²) in [6.45, 7) is -0.0155. The molecule has 4 nitrogen and oxygen atoms in total. The molecular formula is C17H13N3OS. The molecule has 0 radical (unpaired) electrons. The number of hydrogen-bond acceptors (Lipinski definition) is 5. The highest BCUT2D eigenvalue weighted by Gasteiger charge is 2.08. The Bertz CT molecular complexity index is 821. The topological polar surface area (TPSA) is 71.9 Å². The maximum Gasteiger partial charge on any atom is 0.174 e. The molecule has 5 heteroatoms. The Morgan fingerprint density at radius 1 is 1.14 bits per heavy atom. The van der Waals surface area contributed by atoms with Crippen LogP contribution in [0.2, 0.25) is 0 Å². The number of nitrogens with two attached hydrogens (primary N) is 1. The van der Waals surface area contributed by atoms with E-state index in [1.54, 1.807) is 17.4 Å². The first-order valence-corrected chi connectivity index (χ1v) is 7.56. The number of nitrogens with zero attached hydrogens (tertiary/aromatic N) is 2. The highest BCUT2D eigenvalue weighted by atomic mass is 32.1. The highest BCUT2D eigenvalue weighted by Crippen LogP contribution is 2.32. The van der Waals surface area contributed by atoms with E-state index in [2.05, 4.69) is 4.98 Å². The Morgan fingerprint density at radius 2 is 1.95 bits per heavy atom. The molecule has 0 aliphatic rings. The van der Waals surface area contributed by atoms with E-state index >= 15 is 0 Å². The summed E-state index contributed by atoms with van der Waals surface area (Å²) in [6.07, 6.45) is 0. The Labute approximate surface area is 132 Å². The van der Waals surface area contributed by atoms with Gasteiger partial charge in [-0.1, -0.05) is 30.3 Å². The largest absolute Gasteiger partial charge is 0.477 e. The second-order valence-corrected chi connectivity index (χ2v) is 5.46. The molecule has 1 heterocycles. The van der Waals surface area contributed by atoms with Crippen molar-refractivity contribution < 1.29 is 4.74 Å². The first-order chi connectivity index (χ1) is 10.8. The monoisotopic (exact) mass is 307 g/mol. The Balaban J connectivity index is 1.88. The van der Waals surface area contributed by atoms with Crippen molar-refractivity contribution in [1.29, 1.82) is 5.26 Å². The zero-order valence-corrected chi connectivity index (χ0v) is 12.5. The number of benzene rings is 2. The number of anilines is 1. The van der Waals surface area contributed by atoms with Crippen molar-refractivity contribution in [3.63, 3.8) is 0 Å². The minimum absolute atomic E-state index is 0.0155. The normalized spacial score (nSPS) is 10.1. The van der Waals surface area contributed by atoms with Gasteiger partial charge in [0.05, 0.1) is 11.4 Å². The van der Waals surface area contributed by atoms with Gasteiger partial charge in [-0.25, -0.2) is 4.98 Å². The van der Waals surface area contributed by atoms with E-state index in [1.165, 1.54) is 0 Å². The summed E-state index contributed by atoms with van der Waals surface area (Å²) in [5, 5.41) is 11.5. The molecule has 3 aromatic rings. The number of aromatic nitrogens is 1. The summed E-state index contributed by atoms with van der Waals surface area (Å²) in [7, 11) is 0. The lowest BCUT2D eigenvalue weighted by atomic mass is 10.1. The van der Waals surface area contributed by atoms with Gasteiger partial charge in [0.15, 0.2) is 6.61 Å². The van der Waals surface area contributed by atoms with E-state index in [0.717, 1.165) is 21.8 Å². The summed E-state index contributed by atoms with van der Waals surface area (Å²) >= 11 is 1.60. The smallest absolute Gasteiger partial charge is 0.174 e. The Morgan fingerprint density at radius 3 is 2.68 bits per heavy atom. The molecule has 108 valence electrons. The van der Waals surface area contributed by atoms with Crippen molar-refractivity contribution in [2.24, 2.45) is 0 Å². The fourth-order valence-electron chi connectivity index (χ4n) is 2.07. The molecule has 0 fully saturated rings. The minimum atomic E-state index is -0.0155. The third-order valence-electron chi connectivity index (χ3n) is 3.12. The standard InChI is InChI=1S/C17H13N3OS/c18-8-9-21-16-7-6-13(10-14(16)19)15-11-22-17(20-15)12-4-2-1-3-5-12/h1-7,10-11H,9,19H2. The van der Waals surface area contributed by atoms with Crippen molar-refractivity contribution in [3.05, 3.63) is 53.9 Å². The second kappa shape index (κ2) is 6.29. The highest BCUT2D eigenvalue weighted by molar-refractivity contribution is 7.13. The first kappa shape index (κ1) is 14.1. The van der Waals surface area contributed by atoms with Gasteiger partial charge in [-0.05, 0) is 18.2 Å². The average molecular weight is 307 g/mol. The van der Waals surface area contributed by atoms with Gasteiger partial charge in [-0.2, -0.15) is 5.26 Å². The van der Waals surface area contributed by atoms with E-state index in [9.17, 15) is 0 Å². The van der Waals surface area contributed by atoms with Gasteiger partial charge in [0.1, 0.15) is 16.8 Å². The van der Waals surface area contributed by atoms with Crippen LogP contribution in [0.25, 0.3) is 21.8 Å². The van der Waals surface area contributed by atoms with E-state index in [-0.39, 0.29) is 6.61 Å². The van der Waals surface area contributed by atoms with E-state index in [0.29, 0.717) is 11.4 Å². The predicted octanol–water partition coefficient (Wildman–Crippen LogP) is 3.96. The lowest BCUT2D eigenvalue weighted by molar-refractivity contribution is 0.370.